The van der Waals surface area contributed by atoms with Crippen LogP contribution in [0.3, 0.4) is 0 Å². The molecule has 2 N–H and O–H groups in total. The van der Waals surface area contributed by atoms with Crippen LogP contribution >= 0.6 is 0 Å². The highest BCUT2D eigenvalue weighted by molar-refractivity contribution is 5.79. The molecule has 4 rings (SSSR count). The summed E-state index contributed by atoms with van der Waals surface area (Å²) in [7, 11) is 0. The summed E-state index contributed by atoms with van der Waals surface area (Å²) in [4.78, 5) is 4.04. The van der Waals surface area contributed by atoms with Crippen LogP contribution in [-0.4, -0.2) is 9.55 Å². The van der Waals surface area contributed by atoms with Gasteiger partial charge in [-0.05, 0) is 37.0 Å². The van der Waals surface area contributed by atoms with Gasteiger partial charge in [-0.25, -0.2) is 13.8 Å². The summed E-state index contributed by atoms with van der Waals surface area (Å²) in [6.45, 7) is 0.739. The molecule has 0 atom stereocenters. The first kappa shape index (κ1) is 11.2. The number of hydrogen-bond donors (Lipinski definition) is 1. The smallest absolute Gasteiger partial charge is 0.201 e. The molecule has 0 amide bonds. The summed E-state index contributed by atoms with van der Waals surface area (Å²) in [5.74, 6) is -0.173. The lowest BCUT2D eigenvalue weighted by Crippen LogP contribution is -2.15. The Kier molecular flexibility index (Phi) is 2.04. The van der Waals surface area contributed by atoms with Gasteiger partial charge in [-0.3, -0.25) is 0 Å². The zero-order chi connectivity index (χ0) is 13.2. The van der Waals surface area contributed by atoms with Gasteiger partial charge in [0.1, 0.15) is 11.3 Å². The standard InChI is InChI=1S/C14H15F2N3/c15-9-5-10(16)12-11(6-9)19(13(17)18-12)7-14(3-4-14)8-1-2-8/h5-6,8H,1-4,7H2,(H2,17,18). The predicted octanol–water partition coefficient (Wildman–Crippen LogP) is 3.09. The number of imidazole rings is 1. The number of nitrogen functional groups attached to an aromatic ring is 1. The lowest BCUT2D eigenvalue weighted by atomic mass is 10.0. The highest BCUT2D eigenvalue weighted by atomic mass is 19.1. The van der Waals surface area contributed by atoms with E-state index < -0.39 is 11.6 Å². The molecule has 0 saturated heterocycles. The van der Waals surface area contributed by atoms with Crippen molar-refractivity contribution in [2.24, 2.45) is 11.3 Å². The molecule has 3 nitrogen and oxygen atoms in total. The van der Waals surface area contributed by atoms with Crippen LogP contribution in [0.4, 0.5) is 14.7 Å². The first-order valence-electron chi connectivity index (χ1n) is 6.70. The third-order valence-corrected chi connectivity index (χ3v) is 4.61. The quantitative estimate of drug-likeness (QED) is 0.924. The van der Waals surface area contributed by atoms with Gasteiger partial charge in [0.05, 0.1) is 5.52 Å². The van der Waals surface area contributed by atoms with Crippen LogP contribution in [0.2, 0.25) is 0 Å². The molecule has 1 heterocycles. The number of nitrogens with zero attached hydrogens (tertiary/aromatic N) is 2. The number of anilines is 1. The molecule has 0 radical (unpaired) electrons. The van der Waals surface area contributed by atoms with Crippen molar-refractivity contribution in [3.05, 3.63) is 23.8 Å². The lowest BCUT2D eigenvalue weighted by Gasteiger charge is -2.16. The molecule has 0 spiro atoms. The Morgan fingerprint density at radius 3 is 2.68 bits per heavy atom. The number of nitrogens with two attached hydrogens (primary N) is 1. The predicted molar refractivity (Wildman–Crippen MR) is 68.5 cm³/mol. The maximum absolute atomic E-state index is 13.7. The molecule has 0 bridgehead atoms. The zero-order valence-electron chi connectivity index (χ0n) is 10.5. The second kappa shape index (κ2) is 3.46. The van der Waals surface area contributed by atoms with Crippen LogP contribution in [0.5, 0.6) is 0 Å². The van der Waals surface area contributed by atoms with Gasteiger partial charge >= 0.3 is 0 Å². The minimum Gasteiger partial charge on any atom is -0.369 e. The highest BCUT2D eigenvalue weighted by Gasteiger charge is 2.54. The van der Waals surface area contributed by atoms with Crippen LogP contribution in [0.15, 0.2) is 12.1 Å². The van der Waals surface area contributed by atoms with E-state index in [1.54, 1.807) is 4.57 Å². The van der Waals surface area contributed by atoms with Gasteiger partial charge in [0.2, 0.25) is 5.95 Å². The van der Waals surface area contributed by atoms with Crippen molar-refractivity contribution in [3.63, 3.8) is 0 Å². The monoisotopic (exact) mass is 263 g/mol. The van der Waals surface area contributed by atoms with E-state index in [0.717, 1.165) is 18.5 Å². The van der Waals surface area contributed by atoms with Crippen molar-refractivity contribution >= 4 is 17.0 Å². The summed E-state index contributed by atoms with van der Waals surface area (Å²) < 4.78 is 28.9. The first-order chi connectivity index (χ1) is 9.09. The Hall–Kier alpha value is -1.65. The maximum atomic E-state index is 13.7. The average Bonchev–Trinajstić information content (AvgIpc) is 3.22. The van der Waals surface area contributed by atoms with E-state index in [0.29, 0.717) is 10.9 Å². The maximum Gasteiger partial charge on any atom is 0.201 e. The summed E-state index contributed by atoms with van der Waals surface area (Å²) in [5, 5.41) is 0. The van der Waals surface area contributed by atoms with Crippen LogP contribution in [-0.2, 0) is 6.54 Å². The second-order valence-electron chi connectivity index (χ2n) is 5.95. The Morgan fingerprint density at radius 1 is 1.32 bits per heavy atom. The zero-order valence-corrected chi connectivity index (χ0v) is 10.5. The van der Waals surface area contributed by atoms with Gasteiger partial charge < -0.3 is 10.3 Å². The van der Waals surface area contributed by atoms with Crippen molar-refractivity contribution < 1.29 is 8.78 Å². The summed E-state index contributed by atoms with van der Waals surface area (Å²) in [5.41, 5.74) is 6.85. The molecular weight excluding hydrogens is 248 g/mol. The molecule has 1 aromatic heterocycles. The molecule has 2 fully saturated rings. The lowest BCUT2D eigenvalue weighted by molar-refractivity contribution is 0.377. The first-order valence-corrected chi connectivity index (χ1v) is 6.70. The van der Waals surface area contributed by atoms with Crippen LogP contribution in [0.25, 0.3) is 11.0 Å². The fourth-order valence-electron chi connectivity index (χ4n) is 3.20. The van der Waals surface area contributed by atoms with E-state index in [1.807, 2.05) is 0 Å². The fraction of sp³-hybridized carbons (Fsp3) is 0.500. The van der Waals surface area contributed by atoms with E-state index in [2.05, 4.69) is 4.98 Å². The molecule has 5 heteroatoms. The van der Waals surface area contributed by atoms with Crippen molar-refractivity contribution in [2.75, 3.05) is 5.73 Å². The Morgan fingerprint density at radius 2 is 2.05 bits per heavy atom. The fourth-order valence-corrected chi connectivity index (χ4v) is 3.20. The van der Waals surface area contributed by atoms with E-state index in [1.165, 1.54) is 31.7 Å². The summed E-state index contributed by atoms with van der Waals surface area (Å²) in [6.07, 6.45) is 4.92. The molecule has 2 aromatic rings. The molecule has 2 aliphatic carbocycles. The van der Waals surface area contributed by atoms with Crippen molar-refractivity contribution in [2.45, 2.75) is 32.2 Å². The highest BCUT2D eigenvalue weighted by Crippen LogP contribution is 2.62. The SMILES string of the molecule is Nc1nc2c(F)cc(F)cc2n1CC1(C2CC2)CC1. The van der Waals surface area contributed by atoms with Crippen molar-refractivity contribution in [1.82, 2.24) is 9.55 Å². The summed E-state index contributed by atoms with van der Waals surface area (Å²) in [6, 6.07) is 2.18. The van der Waals surface area contributed by atoms with E-state index >= 15 is 0 Å². The van der Waals surface area contributed by atoms with Crippen molar-refractivity contribution in [1.29, 1.82) is 0 Å². The molecule has 19 heavy (non-hydrogen) atoms. The average molecular weight is 263 g/mol. The van der Waals surface area contributed by atoms with Crippen molar-refractivity contribution in [3.8, 4) is 0 Å². The van der Waals surface area contributed by atoms with Gasteiger partial charge in [-0.1, -0.05) is 0 Å². The summed E-state index contributed by atoms with van der Waals surface area (Å²) >= 11 is 0. The minimum absolute atomic E-state index is 0.172. The van der Waals surface area contributed by atoms with E-state index in [9.17, 15) is 8.78 Å². The van der Waals surface area contributed by atoms with Crippen LogP contribution in [0, 0.1) is 23.0 Å². The largest absolute Gasteiger partial charge is 0.369 e. The van der Waals surface area contributed by atoms with Gasteiger partial charge in [-0.2, -0.15) is 0 Å². The number of rotatable bonds is 3. The molecular formula is C14H15F2N3. The molecule has 2 saturated carbocycles. The molecule has 0 unspecified atom stereocenters. The molecule has 2 aliphatic rings. The number of hydrogen-bond acceptors (Lipinski definition) is 2. The second-order valence-corrected chi connectivity index (χ2v) is 5.95. The van der Waals surface area contributed by atoms with Gasteiger partial charge in [0, 0.05) is 18.7 Å². The Bertz CT molecular complexity index is 669. The number of halogens is 2. The number of aromatic nitrogens is 2. The Labute approximate surface area is 109 Å². The molecule has 0 aliphatic heterocycles. The third kappa shape index (κ3) is 1.64. The van der Waals surface area contributed by atoms with E-state index in [-0.39, 0.29) is 11.5 Å². The van der Waals surface area contributed by atoms with Gasteiger partial charge in [-0.15, -0.1) is 0 Å². The van der Waals surface area contributed by atoms with E-state index in [4.69, 9.17) is 5.73 Å². The minimum atomic E-state index is -0.642. The Balaban J connectivity index is 1.82. The van der Waals surface area contributed by atoms with Crippen LogP contribution in [0.1, 0.15) is 25.7 Å². The number of benzene rings is 1. The third-order valence-electron chi connectivity index (χ3n) is 4.61. The van der Waals surface area contributed by atoms with Crippen LogP contribution < -0.4 is 5.73 Å². The normalized spacial score (nSPS) is 20.9. The topological polar surface area (TPSA) is 43.8 Å². The number of fused-ring (bicyclic) bond motifs is 1. The molecule has 100 valence electrons. The van der Waals surface area contributed by atoms with Gasteiger partial charge in [0.25, 0.3) is 0 Å². The van der Waals surface area contributed by atoms with Gasteiger partial charge in [0.15, 0.2) is 5.82 Å². The molecule has 1 aromatic carbocycles.